The van der Waals surface area contributed by atoms with Gasteiger partial charge in [-0.1, -0.05) is 0 Å². The van der Waals surface area contributed by atoms with Crippen molar-refractivity contribution in [2.75, 3.05) is 0 Å². The lowest BCUT2D eigenvalue weighted by Gasteiger charge is -2.20. The zero-order valence-corrected chi connectivity index (χ0v) is 18.4. The Morgan fingerprint density at radius 2 is 2.10 bits per heavy atom. The molecule has 1 fully saturated rings. The largest absolute Gasteiger partial charge is 0.345 e. The van der Waals surface area contributed by atoms with E-state index in [4.69, 9.17) is 22.3 Å². The Labute approximate surface area is 174 Å². The molecule has 8 nitrogen and oxygen atoms in total. The van der Waals surface area contributed by atoms with Crippen LogP contribution in [0.25, 0.3) is 11.0 Å². The highest BCUT2D eigenvalue weighted by Gasteiger charge is 2.30. The van der Waals surface area contributed by atoms with Crippen molar-refractivity contribution in [3.8, 4) is 0 Å². The Kier molecular flexibility index (Phi) is 4.80. The summed E-state index contributed by atoms with van der Waals surface area (Å²) >= 11 is 5.23. The van der Waals surface area contributed by atoms with E-state index >= 15 is 0 Å². The number of hydrogen-bond donors (Lipinski definition) is 2. The summed E-state index contributed by atoms with van der Waals surface area (Å²) in [6.45, 7) is 11.2. The summed E-state index contributed by atoms with van der Waals surface area (Å²) in [6.07, 6.45) is 2.24. The van der Waals surface area contributed by atoms with E-state index in [1.54, 1.807) is 0 Å². The van der Waals surface area contributed by atoms with Gasteiger partial charge in [0.15, 0.2) is 16.2 Å². The molecule has 9 heteroatoms. The van der Waals surface area contributed by atoms with Crippen LogP contribution in [0.3, 0.4) is 0 Å². The summed E-state index contributed by atoms with van der Waals surface area (Å²) < 4.78 is 4.36. The van der Waals surface area contributed by atoms with Gasteiger partial charge < -0.3 is 9.88 Å². The molecule has 1 saturated carbocycles. The number of aromatic amines is 1. The number of fused-ring (bicyclic) bond motifs is 1. The van der Waals surface area contributed by atoms with E-state index in [0.29, 0.717) is 35.2 Å². The second-order valence-corrected chi connectivity index (χ2v) is 8.99. The maximum Gasteiger partial charge on any atom is 0.252 e. The molecule has 1 amide bonds. The Morgan fingerprint density at radius 1 is 1.38 bits per heavy atom. The van der Waals surface area contributed by atoms with Crippen molar-refractivity contribution in [3.05, 3.63) is 33.6 Å². The van der Waals surface area contributed by atoms with E-state index in [2.05, 4.69) is 36.3 Å². The first-order valence-electron chi connectivity index (χ1n) is 10.0. The second-order valence-electron chi connectivity index (χ2n) is 8.61. The third-order valence-corrected chi connectivity index (χ3v) is 5.58. The molecular formula is C20H27N7OS. The standard InChI is InChI=1S/C20H27N7OS/c1-6-26-15(23-24-19(26)29)10-21-18(28)13-9-14(12-7-8-12)22-17-16(13)11(2)25-27(17)20(3,4)5/h9,12H,6-8,10H2,1-5H3,(H,21,28)(H,24,29). The van der Waals surface area contributed by atoms with Gasteiger partial charge in [0, 0.05) is 18.2 Å². The maximum atomic E-state index is 13.2. The molecule has 2 N–H and O–H groups in total. The fourth-order valence-corrected chi connectivity index (χ4v) is 3.89. The van der Waals surface area contributed by atoms with Gasteiger partial charge in [0.1, 0.15) is 0 Å². The van der Waals surface area contributed by atoms with Gasteiger partial charge in [0.2, 0.25) is 0 Å². The molecular weight excluding hydrogens is 386 g/mol. The van der Waals surface area contributed by atoms with Gasteiger partial charge in [0.25, 0.3) is 5.91 Å². The second kappa shape index (κ2) is 7.05. The smallest absolute Gasteiger partial charge is 0.252 e. The quantitative estimate of drug-likeness (QED) is 0.624. The third-order valence-electron chi connectivity index (χ3n) is 5.27. The Bertz CT molecular complexity index is 1140. The molecule has 1 aliphatic carbocycles. The number of carbonyl (C=O) groups is 1. The van der Waals surface area contributed by atoms with E-state index in [1.807, 2.05) is 29.2 Å². The lowest BCUT2D eigenvalue weighted by molar-refractivity contribution is 0.0951. The summed E-state index contributed by atoms with van der Waals surface area (Å²) in [5.41, 5.74) is 2.97. The molecule has 4 rings (SSSR count). The number of amides is 1. The molecule has 0 radical (unpaired) electrons. The third kappa shape index (κ3) is 3.59. The fourth-order valence-electron chi connectivity index (χ4n) is 3.61. The zero-order valence-electron chi connectivity index (χ0n) is 17.5. The number of hydrogen-bond acceptors (Lipinski definition) is 5. The molecule has 0 aliphatic heterocycles. The van der Waals surface area contributed by atoms with Crippen LogP contribution in [0.2, 0.25) is 0 Å². The highest BCUT2D eigenvalue weighted by Crippen LogP contribution is 2.41. The van der Waals surface area contributed by atoms with Crippen LogP contribution in [0.15, 0.2) is 6.07 Å². The first kappa shape index (κ1) is 19.8. The predicted molar refractivity (Wildman–Crippen MR) is 113 cm³/mol. The first-order chi connectivity index (χ1) is 13.7. The summed E-state index contributed by atoms with van der Waals surface area (Å²) in [6, 6.07) is 1.94. The van der Waals surface area contributed by atoms with Gasteiger partial charge in [-0.25, -0.2) is 9.67 Å². The number of pyridine rings is 1. The number of nitrogens with zero attached hydrogens (tertiary/aromatic N) is 5. The molecule has 3 heterocycles. The van der Waals surface area contributed by atoms with E-state index < -0.39 is 0 Å². The van der Waals surface area contributed by atoms with Gasteiger partial charge in [-0.2, -0.15) is 10.2 Å². The summed E-state index contributed by atoms with van der Waals surface area (Å²) in [5.74, 6) is 0.999. The maximum absolute atomic E-state index is 13.2. The van der Waals surface area contributed by atoms with Crippen LogP contribution in [0.5, 0.6) is 0 Å². The van der Waals surface area contributed by atoms with E-state index in [0.717, 1.165) is 35.3 Å². The van der Waals surface area contributed by atoms with E-state index in [9.17, 15) is 4.79 Å². The van der Waals surface area contributed by atoms with Crippen LogP contribution in [0.4, 0.5) is 0 Å². The first-order valence-corrected chi connectivity index (χ1v) is 10.4. The van der Waals surface area contributed by atoms with Gasteiger partial charge in [-0.05, 0) is 65.7 Å². The van der Waals surface area contributed by atoms with Crippen LogP contribution >= 0.6 is 12.2 Å². The lowest BCUT2D eigenvalue weighted by atomic mass is 10.1. The number of aryl methyl sites for hydroxylation is 1. The molecule has 0 spiro atoms. The number of nitrogens with one attached hydrogen (secondary N) is 2. The van der Waals surface area contributed by atoms with Crippen molar-refractivity contribution in [2.24, 2.45) is 0 Å². The topological polar surface area (TPSA) is 93.4 Å². The zero-order chi connectivity index (χ0) is 20.9. The molecule has 0 atom stereocenters. The Hall–Kier alpha value is -2.55. The van der Waals surface area contributed by atoms with Crippen LogP contribution < -0.4 is 5.32 Å². The number of carbonyl (C=O) groups excluding carboxylic acids is 1. The highest BCUT2D eigenvalue weighted by atomic mass is 32.1. The van der Waals surface area contributed by atoms with Crippen molar-refractivity contribution in [1.29, 1.82) is 0 Å². The molecule has 3 aromatic rings. The van der Waals surface area contributed by atoms with Crippen LogP contribution in [-0.4, -0.2) is 35.4 Å². The molecule has 1 aliphatic rings. The van der Waals surface area contributed by atoms with Gasteiger partial charge in [-0.3, -0.25) is 9.89 Å². The van der Waals surface area contributed by atoms with Crippen molar-refractivity contribution in [3.63, 3.8) is 0 Å². The number of rotatable bonds is 5. The normalized spacial score (nSPS) is 14.5. The molecule has 154 valence electrons. The van der Waals surface area contributed by atoms with E-state index in [1.165, 1.54) is 0 Å². The van der Waals surface area contributed by atoms with Crippen LogP contribution in [-0.2, 0) is 18.6 Å². The summed E-state index contributed by atoms with van der Waals surface area (Å²) in [7, 11) is 0. The summed E-state index contributed by atoms with van der Waals surface area (Å²) in [5, 5.41) is 15.5. The minimum Gasteiger partial charge on any atom is -0.345 e. The van der Waals surface area contributed by atoms with Crippen molar-refractivity contribution >= 4 is 29.2 Å². The van der Waals surface area contributed by atoms with Crippen molar-refractivity contribution in [1.82, 2.24) is 34.8 Å². The molecule has 0 unspecified atom stereocenters. The molecule has 0 bridgehead atoms. The monoisotopic (exact) mass is 413 g/mol. The molecule has 0 saturated heterocycles. The van der Waals surface area contributed by atoms with E-state index in [-0.39, 0.29) is 11.4 Å². The minimum absolute atomic E-state index is 0.146. The Balaban J connectivity index is 1.74. The lowest BCUT2D eigenvalue weighted by Crippen LogP contribution is -2.26. The average molecular weight is 414 g/mol. The fraction of sp³-hybridized carbons (Fsp3) is 0.550. The van der Waals surface area contributed by atoms with Gasteiger partial charge >= 0.3 is 0 Å². The van der Waals surface area contributed by atoms with Crippen LogP contribution in [0.1, 0.15) is 74.0 Å². The van der Waals surface area contributed by atoms with Crippen LogP contribution in [0, 0.1) is 11.7 Å². The minimum atomic E-state index is -0.225. The van der Waals surface area contributed by atoms with Gasteiger partial charge in [0.05, 0.1) is 28.7 Å². The van der Waals surface area contributed by atoms with Gasteiger partial charge in [-0.15, -0.1) is 0 Å². The van der Waals surface area contributed by atoms with Crippen molar-refractivity contribution < 1.29 is 4.79 Å². The Morgan fingerprint density at radius 3 is 2.72 bits per heavy atom. The SMILES string of the molecule is CCn1c(CNC(=O)c2cc(C3CC3)nc3c2c(C)nn3C(C)(C)C)n[nH]c1=S. The number of H-pyrrole nitrogens is 1. The average Bonchev–Trinajstić information content (AvgIpc) is 3.37. The number of aromatic nitrogens is 6. The highest BCUT2D eigenvalue weighted by molar-refractivity contribution is 7.71. The molecule has 3 aromatic heterocycles. The summed E-state index contributed by atoms with van der Waals surface area (Å²) in [4.78, 5) is 18.1. The predicted octanol–water partition coefficient (Wildman–Crippen LogP) is 3.58. The molecule has 0 aromatic carbocycles. The molecule has 29 heavy (non-hydrogen) atoms. The van der Waals surface area contributed by atoms with Crippen molar-refractivity contribution in [2.45, 2.75) is 72.0 Å².